The lowest BCUT2D eigenvalue weighted by Gasteiger charge is -2.33. The number of para-hydroxylation sites is 1. The lowest BCUT2D eigenvalue weighted by molar-refractivity contribution is -0.144. The molecule has 5 rings (SSSR count). The molecule has 160 valence electrons. The van der Waals surface area contributed by atoms with E-state index in [4.69, 9.17) is 4.42 Å². The zero-order chi connectivity index (χ0) is 21.9. The molecule has 0 radical (unpaired) electrons. The number of furan rings is 1. The van der Waals surface area contributed by atoms with E-state index in [2.05, 4.69) is 20.1 Å². The number of hydrogen-bond acceptors (Lipinski definition) is 5. The molecule has 1 aliphatic rings. The zero-order valence-electron chi connectivity index (χ0n) is 15.9. The third kappa shape index (κ3) is 3.05. The predicted molar refractivity (Wildman–Crippen MR) is 97.3 cm³/mol. The molecule has 0 aliphatic carbocycles. The highest BCUT2D eigenvalue weighted by atomic mass is 19.4. The van der Waals surface area contributed by atoms with Crippen molar-refractivity contribution in [3.8, 4) is 0 Å². The van der Waals surface area contributed by atoms with Crippen molar-refractivity contribution < 1.29 is 26.8 Å². The molecule has 4 heterocycles. The smallest absolute Gasteiger partial charge is 0.453 e. The summed E-state index contributed by atoms with van der Waals surface area (Å²) < 4.78 is 59.7. The van der Waals surface area contributed by atoms with Gasteiger partial charge in [0.1, 0.15) is 11.8 Å². The summed E-state index contributed by atoms with van der Waals surface area (Å²) in [4.78, 5) is 25.2. The highest BCUT2D eigenvalue weighted by Crippen LogP contribution is 2.37. The van der Waals surface area contributed by atoms with E-state index in [1.54, 1.807) is 12.1 Å². The second-order valence-corrected chi connectivity index (χ2v) is 7.10. The van der Waals surface area contributed by atoms with Gasteiger partial charge in [-0.1, -0.05) is 12.1 Å². The van der Waals surface area contributed by atoms with Crippen LogP contribution in [0.3, 0.4) is 0 Å². The molecule has 4 aromatic rings. The van der Waals surface area contributed by atoms with E-state index in [-0.39, 0.29) is 17.9 Å². The number of aromatic nitrogens is 5. The largest absolute Gasteiger partial charge is 0.455 e. The molecular formula is C19H14F4N6O2. The highest BCUT2D eigenvalue weighted by molar-refractivity contribution is 5.91. The minimum atomic E-state index is -4.79. The van der Waals surface area contributed by atoms with Gasteiger partial charge < -0.3 is 14.3 Å². The van der Waals surface area contributed by atoms with Gasteiger partial charge in [0.05, 0.1) is 12.0 Å². The fraction of sp³-hybridized carbons (Fsp3) is 0.263. The third-order valence-electron chi connectivity index (χ3n) is 5.18. The standard InChI is InChI=1S/C19H14F4N6O2/c1-28-16(26-18(27-28)19(21,22)23)17(30)29-6-5-11-13(25-8-24-11)14(29)12-7-9-3-2-4-10(20)15(9)31-12/h2-4,7-8,14H,5-6H2,1H3,(H,24,25)/t14-/m1/s1. The molecule has 0 fully saturated rings. The molecule has 31 heavy (non-hydrogen) atoms. The zero-order valence-corrected chi connectivity index (χ0v) is 15.9. The van der Waals surface area contributed by atoms with Gasteiger partial charge in [0.15, 0.2) is 11.4 Å². The summed E-state index contributed by atoms with van der Waals surface area (Å²) in [5.74, 6) is -2.98. The molecule has 0 bridgehead atoms. The number of nitrogens with zero attached hydrogens (tertiary/aromatic N) is 5. The summed E-state index contributed by atoms with van der Waals surface area (Å²) in [6.45, 7) is 0.159. The van der Waals surface area contributed by atoms with Crippen LogP contribution in [0.1, 0.15) is 39.6 Å². The van der Waals surface area contributed by atoms with E-state index in [1.165, 1.54) is 30.4 Å². The van der Waals surface area contributed by atoms with Crippen molar-refractivity contribution in [2.24, 2.45) is 7.05 Å². The molecule has 0 spiro atoms. The lowest BCUT2D eigenvalue weighted by Crippen LogP contribution is -2.41. The van der Waals surface area contributed by atoms with Gasteiger partial charge >= 0.3 is 6.18 Å². The number of nitrogens with one attached hydrogen (secondary N) is 1. The summed E-state index contributed by atoms with van der Waals surface area (Å²) >= 11 is 0. The molecule has 0 saturated heterocycles. The fourth-order valence-corrected chi connectivity index (χ4v) is 3.79. The molecule has 3 aromatic heterocycles. The number of carbonyl (C=O) groups is 1. The number of halogens is 4. The second kappa shape index (κ2) is 6.65. The van der Waals surface area contributed by atoms with Crippen LogP contribution >= 0.6 is 0 Å². The van der Waals surface area contributed by atoms with Crippen LogP contribution in [-0.4, -0.2) is 42.1 Å². The predicted octanol–water partition coefficient (Wildman–Crippen LogP) is 3.23. The van der Waals surface area contributed by atoms with Gasteiger partial charge in [-0.05, 0) is 12.1 Å². The van der Waals surface area contributed by atoms with Crippen molar-refractivity contribution in [2.45, 2.75) is 18.6 Å². The Kier molecular flexibility index (Phi) is 4.14. The minimum absolute atomic E-state index is 0.0191. The first-order valence-corrected chi connectivity index (χ1v) is 9.23. The van der Waals surface area contributed by atoms with E-state index in [1.807, 2.05) is 0 Å². The molecule has 1 N–H and O–H groups in total. The molecule has 1 aliphatic heterocycles. The van der Waals surface area contributed by atoms with Crippen LogP contribution < -0.4 is 0 Å². The van der Waals surface area contributed by atoms with Gasteiger partial charge in [-0.25, -0.2) is 14.1 Å². The highest BCUT2D eigenvalue weighted by Gasteiger charge is 2.41. The fourth-order valence-electron chi connectivity index (χ4n) is 3.79. The van der Waals surface area contributed by atoms with E-state index in [9.17, 15) is 22.4 Å². The summed E-state index contributed by atoms with van der Waals surface area (Å²) in [5.41, 5.74) is 1.24. The molecular weight excluding hydrogens is 420 g/mol. The number of amides is 1. The molecule has 0 unspecified atom stereocenters. The third-order valence-corrected chi connectivity index (χ3v) is 5.18. The number of benzene rings is 1. The number of fused-ring (bicyclic) bond motifs is 2. The Balaban J connectivity index is 1.61. The molecule has 8 nitrogen and oxygen atoms in total. The topological polar surface area (TPSA) is 92.8 Å². The number of H-pyrrole nitrogens is 1. The van der Waals surface area contributed by atoms with Gasteiger partial charge in [0.2, 0.25) is 5.82 Å². The quantitative estimate of drug-likeness (QED) is 0.489. The average molecular weight is 434 g/mol. The van der Waals surface area contributed by atoms with Crippen molar-refractivity contribution in [3.63, 3.8) is 0 Å². The van der Waals surface area contributed by atoms with E-state index >= 15 is 0 Å². The second-order valence-electron chi connectivity index (χ2n) is 7.10. The minimum Gasteiger partial charge on any atom is -0.455 e. The Morgan fingerprint density at radius 3 is 2.84 bits per heavy atom. The maximum absolute atomic E-state index is 14.2. The van der Waals surface area contributed by atoms with Crippen LogP contribution in [0.5, 0.6) is 0 Å². The van der Waals surface area contributed by atoms with E-state index in [0.717, 1.165) is 10.4 Å². The molecule has 12 heteroatoms. The van der Waals surface area contributed by atoms with Crippen LogP contribution in [0.25, 0.3) is 11.0 Å². The van der Waals surface area contributed by atoms with Gasteiger partial charge in [-0.2, -0.15) is 18.2 Å². The Hall–Kier alpha value is -3.70. The summed E-state index contributed by atoms with van der Waals surface area (Å²) in [7, 11) is 1.21. The monoisotopic (exact) mass is 434 g/mol. The van der Waals surface area contributed by atoms with Gasteiger partial charge in [0.25, 0.3) is 11.7 Å². The van der Waals surface area contributed by atoms with Crippen LogP contribution in [-0.2, 0) is 19.6 Å². The van der Waals surface area contributed by atoms with Gasteiger partial charge in [-0.15, -0.1) is 5.10 Å². The van der Waals surface area contributed by atoms with Crippen molar-refractivity contribution >= 4 is 16.9 Å². The normalized spacial score (nSPS) is 16.7. The SMILES string of the molecule is Cn1nc(C(F)(F)F)nc1C(=O)N1CCc2[nH]cnc2[C@H]1c1cc2cccc(F)c2o1. The van der Waals surface area contributed by atoms with Crippen molar-refractivity contribution in [1.29, 1.82) is 0 Å². The Morgan fingerprint density at radius 1 is 1.32 bits per heavy atom. The van der Waals surface area contributed by atoms with Crippen LogP contribution in [0, 0.1) is 5.82 Å². The van der Waals surface area contributed by atoms with Crippen LogP contribution in [0.15, 0.2) is 35.0 Å². The summed E-state index contributed by atoms with van der Waals surface area (Å²) in [6, 6.07) is 5.14. The number of aromatic amines is 1. The molecule has 0 saturated carbocycles. The maximum atomic E-state index is 14.2. The number of hydrogen-bond donors (Lipinski definition) is 1. The average Bonchev–Trinajstić information content (AvgIpc) is 3.44. The lowest BCUT2D eigenvalue weighted by atomic mass is 10.00. The number of carbonyl (C=O) groups excluding carboxylic acids is 1. The van der Waals surface area contributed by atoms with Crippen molar-refractivity contribution in [2.75, 3.05) is 6.54 Å². The summed E-state index contributed by atoms with van der Waals surface area (Å²) in [5, 5.41) is 3.80. The maximum Gasteiger partial charge on any atom is 0.453 e. The van der Waals surface area contributed by atoms with E-state index < -0.39 is 35.6 Å². The first kappa shape index (κ1) is 19.3. The van der Waals surface area contributed by atoms with Gasteiger partial charge in [0, 0.05) is 31.1 Å². The number of alkyl halides is 3. The summed E-state index contributed by atoms with van der Waals surface area (Å²) in [6.07, 6.45) is -2.93. The number of imidazole rings is 1. The van der Waals surface area contributed by atoms with Crippen molar-refractivity contribution in [3.05, 3.63) is 65.2 Å². The van der Waals surface area contributed by atoms with Crippen molar-refractivity contribution in [1.82, 2.24) is 29.6 Å². The Bertz CT molecular complexity index is 1300. The molecule has 1 atom stereocenters. The van der Waals surface area contributed by atoms with Crippen LogP contribution in [0.2, 0.25) is 0 Å². The molecule has 1 aromatic carbocycles. The Morgan fingerprint density at radius 2 is 2.13 bits per heavy atom. The first-order valence-electron chi connectivity index (χ1n) is 9.23. The first-order chi connectivity index (χ1) is 14.7. The van der Waals surface area contributed by atoms with Gasteiger partial charge in [-0.3, -0.25) is 4.79 Å². The number of rotatable bonds is 2. The number of aryl methyl sites for hydroxylation is 1. The van der Waals surface area contributed by atoms with E-state index in [0.29, 0.717) is 17.5 Å². The molecule has 1 amide bonds. The van der Waals surface area contributed by atoms with Crippen LogP contribution in [0.4, 0.5) is 17.6 Å². The Labute approximate surface area is 171 Å².